The Balaban J connectivity index is 2.20. The van der Waals surface area contributed by atoms with Crippen molar-refractivity contribution in [1.29, 1.82) is 0 Å². The molecule has 0 aromatic heterocycles. The molecule has 2 rings (SSSR count). The predicted octanol–water partition coefficient (Wildman–Crippen LogP) is 2.55. The maximum Gasteiger partial charge on any atom is 0.337 e. The number of hydrogen-bond donors (Lipinski definition) is 1. The number of aliphatic hydroxyl groups excluding tert-OH is 1. The van der Waals surface area contributed by atoms with Crippen LogP contribution in [-0.2, 0) is 14.3 Å². The first-order valence-electron chi connectivity index (χ1n) is 6.25. The van der Waals surface area contributed by atoms with Crippen molar-refractivity contribution in [2.24, 2.45) is 5.92 Å². The molecule has 0 radical (unpaired) electrons. The average molecular weight is 262 g/mol. The summed E-state index contributed by atoms with van der Waals surface area (Å²) in [6, 6.07) is 9.29. The van der Waals surface area contributed by atoms with Gasteiger partial charge in [0, 0.05) is 19.8 Å². The molecule has 102 valence electrons. The van der Waals surface area contributed by atoms with E-state index in [-0.39, 0.29) is 5.92 Å². The van der Waals surface area contributed by atoms with Crippen molar-refractivity contribution >= 4 is 5.97 Å². The Morgan fingerprint density at radius 1 is 1.16 bits per heavy atom. The maximum atomic E-state index is 11.5. The summed E-state index contributed by atoms with van der Waals surface area (Å²) >= 11 is 0. The molecule has 1 N–H and O–H groups in total. The van der Waals surface area contributed by atoms with Crippen LogP contribution in [-0.4, -0.2) is 16.9 Å². The summed E-state index contributed by atoms with van der Waals surface area (Å²) in [5.74, 6) is -1.32. The van der Waals surface area contributed by atoms with Gasteiger partial charge in [-0.25, -0.2) is 4.79 Å². The number of aliphatic hydroxyl groups is 1. The normalized spacial score (nSPS) is 20.8. The molecule has 1 aliphatic heterocycles. The van der Waals surface area contributed by atoms with Crippen LogP contribution >= 0.6 is 0 Å². The summed E-state index contributed by atoms with van der Waals surface area (Å²) in [5.41, 5.74) is 0.788. The highest BCUT2D eigenvalue weighted by molar-refractivity contribution is 5.83. The number of ether oxygens (including phenoxy) is 2. The van der Waals surface area contributed by atoms with Gasteiger partial charge in [0.15, 0.2) is 0 Å². The van der Waals surface area contributed by atoms with Gasteiger partial charge in [-0.3, -0.25) is 0 Å². The van der Waals surface area contributed by atoms with Crippen LogP contribution in [0.2, 0.25) is 0 Å². The summed E-state index contributed by atoms with van der Waals surface area (Å²) in [6.45, 7) is 5.15. The van der Waals surface area contributed by atoms with E-state index in [2.05, 4.69) is 0 Å². The molecule has 0 bridgehead atoms. The van der Waals surface area contributed by atoms with Gasteiger partial charge < -0.3 is 14.6 Å². The van der Waals surface area contributed by atoms with Gasteiger partial charge in [0.2, 0.25) is 5.79 Å². The van der Waals surface area contributed by atoms with E-state index in [1.54, 1.807) is 13.8 Å². The van der Waals surface area contributed by atoms with Crippen LogP contribution < -0.4 is 0 Å². The monoisotopic (exact) mass is 262 g/mol. The predicted molar refractivity (Wildman–Crippen MR) is 69.9 cm³/mol. The molecule has 0 spiro atoms. The molecule has 0 aliphatic carbocycles. The number of rotatable bonds is 3. The Hall–Kier alpha value is -1.81. The Kier molecular flexibility index (Phi) is 3.62. The van der Waals surface area contributed by atoms with E-state index in [0.29, 0.717) is 5.76 Å². The number of benzene rings is 1. The van der Waals surface area contributed by atoms with Crippen molar-refractivity contribution < 1.29 is 19.4 Å². The third kappa shape index (κ3) is 3.15. The molecule has 0 saturated carbocycles. The van der Waals surface area contributed by atoms with Crippen LogP contribution in [0.3, 0.4) is 0 Å². The Bertz CT molecular complexity index is 490. The second kappa shape index (κ2) is 5.05. The molecule has 2 atom stereocenters. The lowest BCUT2D eigenvalue weighted by Crippen LogP contribution is -2.36. The van der Waals surface area contributed by atoms with Crippen LogP contribution in [0.5, 0.6) is 0 Å². The van der Waals surface area contributed by atoms with Crippen LogP contribution in [0.4, 0.5) is 0 Å². The van der Waals surface area contributed by atoms with Gasteiger partial charge in [-0.15, -0.1) is 0 Å². The number of esters is 1. The number of hydrogen-bond acceptors (Lipinski definition) is 4. The highest BCUT2D eigenvalue weighted by Crippen LogP contribution is 2.33. The fourth-order valence-electron chi connectivity index (χ4n) is 2.04. The number of carbonyl (C=O) groups excluding carboxylic acids is 1. The summed E-state index contributed by atoms with van der Waals surface area (Å²) in [5, 5.41) is 10.3. The zero-order valence-electron chi connectivity index (χ0n) is 11.3. The largest absolute Gasteiger partial charge is 0.456 e. The standard InChI is InChI=1S/C15H18O4/c1-10(14(17)11-7-5-4-6-8-11)12-9-13(16)19-15(2,3)18-12/h4-10,14,17H,1-3H3/t10-,14-/m1/s1. The minimum Gasteiger partial charge on any atom is -0.456 e. The smallest absolute Gasteiger partial charge is 0.337 e. The minimum absolute atomic E-state index is 0.325. The third-order valence-electron chi connectivity index (χ3n) is 3.03. The molecule has 4 heteroatoms. The van der Waals surface area contributed by atoms with Gasteiger partial charge in [0.1, 0.15) is 5.76 Å². The van der Waals surface area contributed by atoms with Crippen LogP contribution in [0.1, 0.15) is 32.4 Å². The van der Waals surface area contributed by atoms with Crippen LogP contribution in [0.25, 0.3) is 0 Å². The van der Waals surface area contributed by atoms with Gasteiger partial charge in [-0.1, -0.05) is 37.3 Å². The molecule has 0 saturated heterocycles. The molecular weight excluding hydrogens is 244 g/mol. The first-order chi connectivity index (χ1) is 8.89. The minimum atomic E-state index is -0.994. The van der Waals surface area contributed by atoms with E-state index in [0.717, 1.165) is 5.56 Å². The van der Waals surface area contributed by atoms with E-state index >= 15 is 0 Å². The van der Waals surface area contributed by atoms with E-state index in [4.69, 9.17) is 9.47 Å². The Morgan fingerprint density at radius 3 is 2.37 bits per heavy atom. The van der Waals surface area contributed by atoms with Crippen molar-refractivity contribution in [3.8, 4) is 0 Å². The molecule has 19 heavy (non-hydrogen) atoms. The second-order valence-electron chi connectivity index (χ2n) is 5.11. The summed E-state index contributed by atoms with van der Waals surface area (Å²) in [6.07, 6.45) is 0.566. The molecule has 0 fully saturated rings. The zero-order chi connectivity index (χ0) is 14.0. The lowest BCUT2D eigenvalue weighted by molar-refractivity contribution is -0.209. The SMILES string of the molecule is C[C@H](C1=CC(=O)OC(C)(C)O1)[C@@H](O)c1ccccc1. The summed E-state index contributed by atoms with van der Waals surface area (Å²) in [7, 11) is 0. The molecule has 0 amide bonds. The van der Waals surface area contributed by atoms with Gasteiger partial charge in [-0.2, -0.15) is 0 Å². The van der Waals surface area contributed by atoms with Crippen LogP contribution in [0.15, 0.2) is 42.2 Å². The highest BCUT2D eigenvalue weighted by atomic mass is 16.7. The quantitative estimate of drug-likeness (QED) is 0.850. The fraction of sp³-hybridized carbons (Fsp3) is 0.400. The number of cyclic esters (lactones) is 1. The van der Waals surface area contributed by atoms with E-state index < -0.39 is 17.9 Å². The molecule has 1 aromatic carbocycles. The van der Waals surface area contributed by atoms with Gasteiger partial charge >= 0.3 is 5.97 Å². The second-order valence-corrected chi connectivity index (χ2v) is 5.11. The average Bonchev–Trinajstić information content (AvgIpc) is 2.35. The van der Waals surface area contributed by atoms with E-state index in [1.807, 2.05) is 37.3 Å². The fourth-order valence-corrected chi connectivity index (χ4v) is 2.04. The lowest BCUT2D eigenvalue weighted by Gasteiger charge is -2.34. The highest BCUT2D eigenvalue weighted by Gasteiger charge is 2.34. The van der Waals surface area contributed by atoms with Gasteiger partial charge in [0.25, 0.3) is 0 Å². The summed E-state index contributed by atoms with van der Waals surface area (Å²) in [4.78, 5) is 11.5. The number of carbonyl (C=O) groups is 1. The molecular formula is C15H18O4. The van der Waals surface area contributed by atoms with Crippen molar-refractivity contribution in [3.05, 3.63) is 47.7 Å². The van der Waals surface area contributed by atoms with Gasteiger partial charge in [0.05, 0.1) is 12.2 Å². The van der Waals surface area contributed by atoms with Crippen molar-refractivity contribution in [1.82, 2.24) is 0 Å². The molecule has 1 aromatic rings. The molecule has 4 nitrogen and oxygen atoms in total. The Morgan fingerprint density at radius 2 is 1.79 bits per heavy atom. The van der Waals surface area contributed by atoms with E-state index in [1.165, 1.54) is 6.08 Å². The van der Waals surface area contributed by atoms with Crippen LogP contribution in [0, 0.1) is 5.92 Å². The van der Waals surface area contributed by atoms with E-state index in [9.17, 15) is 9.90 Å². The van der Waals surface area contributed by atoms with Crippen molar-refractivity contribution in [3.63, 3.8) is 0 Å². The first-order valence-corrected chi connectivity index (χ1v) is 6.25. The van der Waals surface area contributed by atoms with Gasteiger partial charge in [-0.05, 0) is 5.56 Å². The topological polar surface area (TPSA) is 55.8 Å². The molecule has 0 unspecified atom stereocenters. The molecule has 1 heterocycles. The Labute approximate surface area is 112 Å². The van der Waals surface area contributed by atoms with Crippen molar-refractivity contribution in [2.45, 2.75) is 32.7 Å². The molecule has 1 aliphatic rings. The van der Waals surface area contributed by atoms with Crippen molar-refractivity contribution in [2.75, 3.05) is 0 Å². The first kappa shape index (κ1) is 13.6. The summed E-state index contributed by atoms with van der Waals surface area (Å²) < 4.78 is 10.6. The zero-order valence-corrected chi connectivity index (χ0v) is 11.3. The lowest BCUT2D eigenvalue weighted by atomic mass is 9.95. The maximum absolute atomic E-state index is 11.5. The third-order valence-corrected chi connectivity index (χ3v) is 3.03.